The van der Waals surface area contributed by atoms with Crippen LogP contribution in [0.4, 0.5) is 0 Å². The van der Waals surface area contributed by atoms with Gasteiger partial charge in [0.15, 0.2) is 5.65 Å². The van der Waals surface area contributed by atoms with Crippen molar-refractivity contribution >= 4 is 45.1 Å². The molecule has 1 saturated carbocycles. The lowest BCUT2D eigenvalue weighted by molar-refractivity contribution is -0.135. The number of aromatic nitrogens is 4. The van der Waals surface area contributed by atoms with Crippen LogP contribution < -0.4 is 0 Å². The van der Waals surface area contributed by atoms with Gasteiger partial charge >= 0.3 is 5.97 Å². The number of aryl methyl sites for hydroxylation is 2. The third-order valence-electron chi connectivity index (χ3n) is 8.97. The van der Waals surface area contributed by atoms with Gasteiger partial charge in [0.2, 0.25) is 5.91 Å². The number of hydrogen-bond donors (Lipinski definition) is 1. The van der Waals surface area contributed by atoms with E-state index in [9.17, 15) is 14.7 Å². The minimum absolute atomic E-state index is 0.00218. The van der Waals surface area contributed by atoms with Crippen molar-refractivity contribution in [1.29, 1.82) is 0 Å². The maximum Gasteiger partial charge on any atom is 0.335 e. The number of carbonyl (C=O) groups excluding carboxylic acids is 1. The Labute approximate surface area is 259 Å². The number of hydrogen-bond acceptors (Lipinski definition) is 7. The van der Waals surface area contributed by atoms with Gasteiger partial charge in [0.1, 0.15) is 6.54 Å². The van der Waals surface area contributed by atoms with Crippen molar-refractivity contribution in [2.75, 3.05) is 26.3 Å². The number of thiazole rings is 1. The first-order chi connectivity index (χ1) is 21.4. The van der Waals surface area contributed by atoms with Gasteiger partial charge in [0.25, 0.3) is 0 Å². The van der Waals surface area contributed by atoms with E-state index in [1.807, 2.05) is 41.6 Å². The number of benzene rings is 1. The Morgan fingerprint density at radius 1 is 1.02 bits per heavy atom. The number of carboxylic acids is 1. The molecule has 44 heavy (non-hydrogen) atoms. The lowest BCUT2D eigenvalue weighted by Gasteiger charge is -2.28. The molecule has 1 N–H and O–H groups in total. The standard InChI is InChI=1S/C34H35N5O4S/c1-20-32(44-21(2)36-20)27-11-9-23-16-25(18-35-33(23)37-27)31-30(22-6-4-3-5-7-22)26-10-8-24(34(41)42)17-28(26)39(31)19-29(40)38-12-14-43-15-13-38/h8-11,16-18,22H,3-7,12-15,19H2,1-2H3,(H,41,42). The van der Waals surface area contributed by atoms with E-state index in [0.29, 0.717) is 37.9 Å². The van der Waals surface area contributed by atoms with E-state index in [1.165, 1.54) is 12.0 Å². The van der Waals surface area contributed by atoms with E-state index in [2.05, 4.69) is 17.1 Å². The third kappa shape index (κ3) is 5.26. The van der Waals surface area contributed by atoms with Gasteiger partial charge in [-0.15, -0.1) is 11.3 Å². The van der Waals surface area contributed by atoms with Crippen molar-refractivity contribution in [3.63, 3.8) is 0 Å². The van der Waals surface area contributed by atoms with Crippen LogP contribution in [0.3, 0.4) is 0 Å². The van der Waals surface area contributed by atoms with Crippen molar-refractivity contribution in [2.45, 2.75) is 58.4 Å². The normalized spacial score (nSPS) is 16.2. The number of nitrogens with zero attached hydrogens (tertiary/aromatic N) is 5. The van der Waals surface area contributed by atoms with Crippen LogP contribution in [0.15, 0.2) is 42.6 Å². The summed E-state index contributed by atoms with van der Waals surface area (Å²) in [6, 6.07) is 11.5. The number of amides is 1. The Morgan fingerprint density at radius 2 is 1.82 bits per heavy atom. The maximum atomic E-state index is 13.7. The van der Waals surface area contributed by atoms with E-state index in [4.69, 9.17) is 14.7 Å². The lowest BCUT2D eigenvalue weighted by Crippen LogP contribution is -2.42. The van der Waals surface area contributed by atoms with Gasteiger partial charge in [-0.05, 0) is 68.5 Å². The molecule has 1 aliphatic carbocycles. The minimum atomic E-state index is -0.986. The van der Waals surface area contributed by atoms with Gasteiger partial charge in [-0.25, -0.2) is 19.7 Å². The summed E-state index contributed by atoms with van der Waals surface area (Å²) in [6.07, 6.45) is 7.49. The summed E-state index contributed by atoms with van der Waals surface area (Å²) in [7, 11) is 0. The first-order valence-electron chi connectivity index (χ1n) is 15.3. The van der Waals surface area contributed by atoms with E-state index in [0.717, 1.165) is 74.5 Å². The molecule has 10 heteroatoms. The molecule has 0 bridgehead atoms. The second-order valence-electron chi connectivity index (χ2n) is 11.8. The van der Waals surface area contributed by atoms with Crippen molar-refractivity contribution in [3.05, 3.63) is 64.4 Å². The quantitative estimate of drug-likeness (QED) is 0.231. The molecule has 7 rings (SSSR count). The zero-order valence-corrected chi connectivity index (χ0v) is 25.8. The molecule has 226 valence electrons. The lowest BCUT2D eigenvalue weighted by atomic mass is 9.82. The molecule has 2 fully saturated rings. The SMILES string of the molecule is Cc1nc(C)c(-c2ccc3cc(-c4c(C5CCCCC5)c5ccc(C(=O)O)cc5n4CC(=O)N4CCOCC4)cnc3n2)s1. The van der Waals surface area contributed by atoms with Crippen LogP contribution in [0.5, 0.6) is 0 Å². The average molecular weight is 610 g/mol. The highest BCUT2D eigenvalue weighted by molar-refractivity contribution is 7.15. The molecular weight excluding hydrogens is 574 g/mol. The van der Waals surface area contributed by atoms with Gasteiger partial charge in [-0.1, -0.05) is 25.3 Å². The molecule has 0 spiro atoms. The summed E-state index contributed by atoms with van der Waals surface area (Å²) < 4.78 is 7.53. The van der Waals surface area contributed by atoms with Crippen LogP contribution in [0, 0.1) is 13.8 Å². The average Bonchev–Trinajstić information content (AvgIpc) is 3.56. The van der Waals surface area contributed by atoms with Gasteiger partial charge in [0, 0.05) is 35.6 Å². The van der Waals surface area contributed by atoms with Crippen molar-refractivity contribution in [3.8, 4) is 21.8 Å². The van der Waals surface area contributed by atoms with Gasteiger partial charge in [-0.3, -0.25) is 4.79 Å². The molecule has 0 unspecified atom stereocenters. The van der Waals surface area contributed by atoms with Gasteiger partial charge in [-0.2, -0.15) is 0 Å². The highest BCUT2D eigenvalue weighted by Gasteiger charge is 2.29. The van der Waals surface area contributed by atoms with Gasteiger partial charge in [0.05, 0.1) is 51.3 Å². The minimum Gasteiger partial charge on any atom is -0.478 e. The monoisotopic (exact) mass is 609 g/mol. The van der Waals surface area contributed by atoms with E-state index in [1.54, 1.807) is 23.5 Å². The number of carbonyl (C=O) groups is 2. The highest BCUT2D eigenvalue weighted by Crippen LogP contribution is 2.44. The fourth-order valence-corrected chi connectivity index (χ4v) is 7.76. The van der Waals surface area contributed by atoms with Crippen LogP contribution in [-0.2, 0) is 16.1 Å². The Bertz CT molecular complexity index is 1900. The summed E-state index contributed by atoms with van der Waals surface area (Å²) in [5.41, 5.74) is 6.48. The summed E-state index contributed by atoms with van der Waals surface area (Å²) in [6.45, 7) is 6.25. The number of ether oxygens (including phenoxy) is 1. The predicted octanol–water partition coefficient (Wildman–Crippen LogP) is 6.60. The topological polar surface area (TPSA) is 110 Å². The number of morpholine rings is 1. The van der Waals surface area contributed by atoms with E-state index >= 15 is 0 Å². The summed E-state index contributed by atoms with van der Waals surface area (Å²) >= 11 is 1.63. The second kappa shape index (κ2) is 11.7. The molecule has 0 atom stereocenters. The molecule has 2 aliphatic rings. The first-order valence-corrected chi connectivity index (χ1v) is 16.2. The fourth-order valence-electron chi connectivity index (χ4n) is 6.87. The molecule has 5 heterocycles. The second-order valence-corrected chi connectivity index (χ2v) is 13.0. The molecule has 1 amide bonds. The van der Waals surface area contributed by atoms with Crippen LogP contribution in [0.1, 0.15) is 64.6 Å². The van der Waals surface area contributed by atoms with Crippen molar-refractivity contribution in [1.82, 2.24) is 24.4 Å². The molecule has 0 radical (unpaired) electrons. The number of rotatable bonds is 6. The Kier molecular flexibility index (Phi) is 7.63. The fraction of sp³-hybridized carbons (Fsp3) is 0.382. The zero-order chi connectivity index (χ0) is 30.4. The van der Waals surface area contributed by atoms with Crippen LogP contribution in [0.2, 0.25) is 0 Å². The largest absolute Gasteiger partial charge is 0.478 e. The molecular formula is C34H35N5O4S. The summed E-state index contributed by atoms with van der Waals surface area (Å²) in [5.74, 6) is -0.677. The highest BCUT2D eigenvalue weighted by atomic mass is 32.1. The number of carboxylic acid groups (broad SMARTS) is 1. The van der Waals surface area contributed by atoms with Gasteiger partial charge < -0.3 is 19.3 Å². The van der Waals surface area contributed by atoms with Crippen LogP contribution in [-0.4, -0.2) is 67.7 Å². The maximum absolute atomic E-state index is 13.7. The number of aromatic carboxylic acids is 1. The van der Waals surface area contributed by atoms with Crippen molar-refractivity contribution < 1.29 is 19.4 Å². The van der Waals surface area contributed by atoms with Crippen LogP contribution in [0.25, 0.3) is 43.8 Å². The first kappa shape index (κ1) is 28.6. The number of fused-ring (bicyclic) bond motifs is 2. The molecule has 5 aromatic rings. The summed E-state index contributed by atoms with van der Waals surface area (Å²) in [4.78, 5) is 43.0. The molecule has 4 aromatic heterocycles. The molecule has 9 nitrogen and oxygen atoms in total. The van der Waals surface area contributed by atoms with Crippen molar-refractivity contribution in [2.24, 2.45) is 0 Å². The predicted molar refractivity (Wildman–Crippen MR) is 171 cm³/mol. The molecule has 1 aliphatic heterocycles. The third-order valence-corrected chi connectivity index (χ3v) is 10.1. The molecule has 1 saturated heterocycles. The van der Waals surface area contributed by atoms with Crippen LogP contribution >= 0.6 is 11.3 Å². The number of pyridine rings is 2. The van der Waals surface area contributed by atoms with E-state index < -0.39 is 5.97 Å². The summed E-state index contributed by atoms with van der Waals surface area (Å²) in [5, 5.41) is 12.8. The Balaban J connectivity index is 1.41. The van der Waals surface area contributed by atoms with E-state index in [-0.39, 0.29) is 18.0 Å². The zero-order valence-electron chi connectivity index (χ0n) is 25.0. The Hall–Kier alpha value is -4.15. The Morgan fingerprint density at radius 3 is 2.55 bits per heavy atom. The molecule has 1 aromatic carbocycles. The smallest absolute Gasteiger partial charge is 0.335 e.